The van der Waals surface area contributed by atoms with Gasteiger partial charge in [-0.25, -0.2) is 9.37 Å². The lowest BCUT2D eigenvalue weighted by atomic mass is 10.2. The van der Waals surface area contributed by atoms with Crippen LogP contribution < -0.4 is 15.4 Å². The molecule has 6 nitrogen and oxygen atoms in total. The monoisotopic (exact) mass is 439 g/mol. The van der Waals surface area contributed by atoms with Crippen molar-refractivity contribution in [2.45, 2.75) is 19.1 Å². The van der Waals surface area contributed by atoms with Crippen LogP contribution in [-0.2, 0) is 9.59 Å². The van der Waals surface area contributed by atoms with Gasteiger partial charge >= 0.3 is 0 Å². The van der Waals surface area contributed by atoms with E-state index in [1.807, 2.05) is 31.2 Å². The van der Waals surface area contributed by atoms with E-state index in [0.717, 1.165) is 11.3 Å². The van der Waals surface area contributed by atoms with Gasteiger partial charge in [0.05, 0.1) is 22.9 Å². The third-order valence-electron chi connectivity index (χ3n) is 4.21. The summed E-state index contributed by atoms with van der Waals surface area (Å²) in [5.41, 5.74) is 2.34. The van der Waals surface area contributed by atoms with Crippen LogP contribution in [0.3, 0.4) is 0 Å². The molecule has 0 radical (unpaired) electrons. The van der Waals surface area contributed by atoms with Gasteiger partial charge in [0.2, 0.25) is 17.7 Å². The minimum Gasteiger partial charge on any atom is -0.439 e. The number of amides is 2. The van der Waals surface area contributed by atoms with Crippen molar-refractivity contribution in [2.24, 2.45) is 0 Å². The molecule has 2 amide bonds. The van der Waals surface area contributed by atoms with Gasteiger partial charge in [0.15, 0.2) is 0 Å². The number of hydrogen-bond donors (Lipinski definition) is 2. The topological polar surface area (TPSA) is 80.3 Å². The summed E-state index contributed by atoms with van der Waals surface area (Å²) in [5.74, 6) is 0.183. The molecule has 1 unspecified atom stereocenters. The van der Waals surface area contributed by atoms with E-state index < -0.39 is 5.25 Å². The highest BCUT2D eigenvalue weighted by atomic mass is 32.2. The Balaban J connectivity index is 1.44. The Morgan fingerprint density at radius 1 is 1.00 bits per heavy atom. The molecule has 31 heavy (non-hydrogen) atoms. The van der Waals surface area contributed by atoms with Crippen molar-refractivity contribution < 1.29 is 18.7 Å². The maximum Gasteiger partial charge on any atom is 0.237 e. The smallest absolute Gasteiger partial charge is 0.237 e. The van der Waals surface area contributed by atoms with E-state index in [0.29, 0.717) is 17.3 Å². The third kappa shape index (κ3) is 7.11. The number of ether oxygens (including phenoxy) is 1. The molecule has 0 aliphatic heterocycles. The van der Waals surface area contributed by atoms with Crippen molar-refractivity contribution in [2.75, 3.05) is 16.4 Å². The number of rotatable bonds is 8. The molecule has 1 aromatic heterocycles. The van der Waals surface area contributed by atoms with Crippen LogP contribution in [0.5, 0.6) is 11.6 Å². The van der Waals surface area contributed by atoms with E-state index in [-0.39, 0.29) is 23.4 Å². The van der Waals surface area contributed by atoms with Crippen molar-refractivity contribution in [3.05, 3.63) is 78.2 Å². The first-order valence-corrected chi connectivity index (χ1v) is 10.6. The molecule has 2 aromatic carbocycles. The maximum atomic E-state index is 12.9. The van der Waals surface area contributed by atoms with Crippen LogP contribution in [0.2, 0.25) is 0 Å². The molecular weight excluding hydrogens is 417 g/mol. The molecule has 8 heteroatoms. The van der Waals surface area contributed by atoms with Crippen molar-refractivity contribution in [1.82, 2.24) is 4.98 Å². The summed E-state index contributed by atoms with van der Waals surface area (Å²) < 4.78 is 18.5. The average Bonchev–Trinajstić information content (AvgIpc) is 2.76. The number of halogens is 1. The van der Waals surface area contributed by atoms with Gasteiger partial charge < -0.3 is 15.4 Å². The summed E-state index contributed by atoms with van der Waals surface area (Å²) in [6.07, 6.45) is 1.47. The van der Waals surface area contributed by atoms with Gasteiger partial charge in [-0.1, -0.05) is 17.7 Å². The fraction of sp³-hybridized carbons (Fsp3) is 0.174. The molecule has 3 aromatic rings. The van der Waals surface area contributed by atoms with E-state index in [4.69, 9.17) is 4.74 Å². The van der Waals surface area contributed by atoms with Crippen molar-refractivity contribution in [1.29, 1.82) is 0 Å². The number of benzene rings is 2. The number of anilines is 2. The molecule has 0 aliphatic rings. The Bertz CT molecular complexity index is 1030. The first-order valence-electron chi connectivity index (χ1n) is 9.57. The summed E-state index contributed by atoms with van der Waals surface area (Å²) in [7, 11) is 0. The molecule has 0 saturated carbocycles. The summed E-state index contributed by atoms with van der Waals surface area (Å²) >= 11 is 1.24. The molecule has 0 fully saturated rings. The van der Waals surface area contributed by atoms with Crippen molar-refractivity contribution in [3.63, 3.8) is 0 Å². The van der Waals surface area contributed by atoms with Gasteiger partial charge in [-0.15, -0.1) is 11.8 Å². The zero-order chi connectivity index (χ0) is 22.2. The standard InChI is InChI=1S/C23H22FN3O3S/c1-15-3-7-18(8-4-15)26-21(28)14-31-16(2)23(29)27-19-9-12-22(25-13-19)30-20-10-5-17(24)6-11-20/h3-13,16H,14H2,1-2H3,(H,26,28)(H,27,29). The van der Waals surface area contributed by atoms with E-state index in [1.54, 1.807) is 19.1 Å². The fourth-order valence-corrected chi connectivity index (χ4v) is 3.18. The van der Waals surface area contributed by atoms with E-state index >= 15 is 0 Å². The first-order chi connectivity index (χ1) is 14.9. The number of nitrogens with one attached hydrogen (secondary N) is 2. The van der Waals surface area contributed by atoms with Gasteiger partial charge in [-0.2, -0.15) is 0 Å². The van der Waals surface area contributed by atoms with Crippen LogP contribution in [0.15, 0.2) is 66.9 Å². The molecule has 0 spiro atoms. The number of hydrogen-bond acceptors (Lipinski definition) is 5. The lowest BCUT2D eigenvalue weighted by Crippen LogP contribution is -2.25. The van der Waals surface area contributed by atoms with E-state index in [9.17, 15) is 14.0 Å². The normalized spacial score (nSPS) is 11.5. The average molecular weight is 440 g/mol. The van der Waals surface area contributed by atoms with Gasteiger partial charge in [0.25, 0.3) is 0 Å². The first kappa shape index (κ1) is 22.3. The second kappa shape index (κ2) is 10.6. The van der Waals surface area contributed by atoms with Crippen molar-refractivity contribution >= 4 is 35.0 Å². The van der Waals surface area contributed by atoms with Crippen LogP contribution in [0, 0.1) is 12.7 Å². The molecule has 1 heterocycles. The summed E-state index contributed by atoms with van der Waals surface area (Å²) in [4.78, 5) is 28.6. The SMILES string of the molecule is Cc1ccc(NC(=O)CSC(C)C(=O)Nc2ccc(Oc3ccc(F)cc3)nc2)cc1. The second-order valence-corrected chi connectivity index (χ2v) is 8.13. The second-order valence-electron chi connectivity index (χ2n) is 6.80. The predicted molar refractivity (Wildman–Crippen MR) is 121 cm³/mol. The van der Waals surface area contributed by atoms with Crippen LogP contribution >= 0.6 is 11.8 Å². The van der Waals surface area contributed by atoms with E-state index in [1.165, 1.54) is 42.2 Å². The summed E-state index contributed by atoms with van der Waals surface area (Å²) in [5, 5.41) is 5.14. The highest BCUT2D eigenvalue weighted by molar-refractivity contribution is 8.01. The Labute approximate surface area is 184 Å². The number of carbonyl (C=O) groups is 2. The zero-order valence-electron chi connectivity index (χ0n) is 17.1. The van der Waals surface area contributed by atoms with Crippen LogP contribution in [0.25, 0.3) is 0 Å². The van der Waals surface area contributed by atoms with E-state index in [2.05, 4.69) is 15.6 Å². The lowest BCUT2D eigenvalue weighted by molar-refractivity contribution is -0.115. The largest absolute Gasteiger partial charge is 0.439 e. The molecule has 160 valence electrons. The number of pyridine rings is 1. The number of carbonyl (C=O) groups excluding carboxylic acids is 2. The number of aromatic nitrogens is 1. The highest BCUT2D eigenvalue weighted by Crippen LogP contribution is 2.21. The maximum absolute atomic E-state index is 12.9. The van der Waals surface area contributed by atoms with Gasteiger partial charge in [-0.05, 0) is 56.3 Å². The summed E-state index contributed by atoms with van der Waals surface area (Å²) in [6, 6.07) is 16.4. The van der Waals surface area contributed by atoms with Gasteiger partial charge in [-0.3, -0.25) is 9.59 Å². The quantitative estimate of drug-likeness (QED) is 0.515. The molecule has 0 bridgehead atoms. The predicted octanol–water partition coefficient (Wildman–Crippen LogP) is 5.02. The molecule has 2 N–H and O–H groups in total. The Morgan fingerprint density at radius 3 is 2.32 bits per heavy atom. The Kier molecular flexibility index (Phi) is 7.61. The molecule has 3 rings (SSSR count). The minimum atomic E-state index is -0.432. The molecule has 0 aliphatic carbocycles. The van der Waals surface area contributed by atoms with Crippen LogP contribution in [-0.4, -0.2) is 27.8 Å². The number of aryl methyl sites for hydroxylation is 1. The molecule has 1 atom stereocenters. The van der Waals surface area contributed by atoms with Crippen molar-refractivity contribution in [3.8, 4) is 11.6 Å². The number of thioether (sulfide) groups is 1. The summed E-state index contributed by atoms with van der Waals surface area (Å²) in [6.45, 7) is 3.71. The van der Waals surface area contributed by atoms with Gasteiger partial charge in [0.1, 0.15) is 11.6 Å². The van der Waals surface area contributed by atoms with Crippen LogP contribution in [0.1, 0.15) is 12.5 Å². The fourth-order valence-electron chi connectivity index (χ4n) is 2.49. The Morgan fingerprint density at radius 2 is 1.68 bits per heavy atom. The lowest BCUT2D eigenvalue weighted by Gasteiger charge is -2.12. The zero-order valence-corrected chi connectivity index (χ0v) is 17.9. The molecule has 0 saturated heterocycles. The van der Waals surface area contributed by atoms with Crippen LogP contribution in [0.4, 0.5) is 15.8 Å². The third-order valence-corrected chi connectivity index (χ3v) is 5.35. The highest BCUT2D eigenvalue weighted by Gasteiger charge is 2.16. The molecular formula is C23H22FN3O3S. The Hall–Kier alpha value is -3.39. The van der Waals surface area contributed by atoms with Gasteiger partial charge in [0, 0.05) is 11.8 Å². The minimum absolute atomic E-state index is 0.158. The number of nitrogens with zero attached hydrogens (tertiary/aromatic N) is 1.